The first-order chi connectivity index (χ1) is 12.8. The van der Waals surface area contributed by atoms with Crippen LogP contribution in [0.15, 0.2) is 18.2 Å². The minimum absolute atomic E-state index is 0.353. The summed E-state index contributed by atoms with van der Waals surface area (Å²) in [5.74, 6) is 0.827. The standard InChI is InChI=1S/C22H37BO4/c1-7-8-9-10-11-12-15-25-17-18-16-19(24-6)13-14-20(18)23-26-21(2,3)22(4,5)27-23/h13-14,16H,7-12,15,17H2,1-6H3. The van der Waals surface area contributed by atoms with Crippen LogP contribution in [0.3, 0.4) is 0 Å². The molecule has 1 fully saturated rings. The van der Waals surface area contributed by atoms with Crippen molar-refractivity contribution in [2.24, 2.45) is 0 Å². The fourth-order valence-electron chi connectivity index (χ4n) is 3.20. The van der Waals surface area contributed by atoms with E-state index in [0.717, 1.165) is 29.8 Å². The van der Waals surface area contributed by atoms with E-state index in [4.69, 9.17) is 18.8 Å². The summed E-state index contributed by atoms with van der Waals surface area (Å²) < 4.78 is 23.8. The van der Waals surface area contributed by atoms with Crippen LogP contribution < -0.4 is 10.2 Å². The SMILES string of the molecule is CCCCCCCCOCc1cc(OC)ccc1B1OC(C)(C)C(C)(C)O1. The second kappa shape index (κ2) is 9.95. The van der Waals surface area contributed by atoms with Gasteiger partial charge in [0.05, 0.1) is 24.9 Å². The predicted octanol–water partition coefficient (Wildman–Crippen LogP) is 4.87. The third-order valence-electron chi connectivity index (χ3n) is 5.76. The number of hydrogen-bond acceptors (Lipinski definition) is 4. The zero-order valence-corrected chi connectivity index (χ0v) is 18.1. The second-order valence-corrected chi connectivity index (χ2v) is 8.47. The van der Waals surface area contributed by atoms with Crippen molar-refractivity contribution >= 4 is 12.6 Å². The van der Waals surface area contributed by atoms with Crippen molar-refractivity contribution in [3.63, 3.8) is 0 Å². The third kappa shape index (κ3) is 5.97. The lowest BCUT2D eigenvalue weighted by molar-refractivity contribution is 0.00578. The zero-order chi connectivity index (χ0) is 19.9. The average molecular weight is 376 g/mol. The van der Waals surface area contributed by atoms with Gasteiger partial charge in [0, 0.05) is 6.61 Å². The summed E-state index contributed by atoms with van der Waals surface area (Å²) in [6.45, 7) is 11.9. The molecule has 1 aliphatic rings. The number of hydrogen-bond donors (Lipinski definition) is 0. The van der Waals surface area contributed by atoms with Gasteiger partial charge in [-0.15, -0.1) is 0 Å². The van der Waals surface area contributed by atoms with Crippen LogP contribution in [0.1, 0.15) is 78.7 Å². The number of methoxy groups -OCH3 is 1. The fraction of sp³-hybridized carbons (Fsp3) is 0.727. The first-order valence-corrected chi connectivity index (χ1v) is 10.4. The van der Waals surface area contributed by atoms with Crippen LogP contribution in [-0.2, 0) is 20.7 Å². The summed E-state index contributed by atoms with van der Waals surface area (Å²) in [7, 11) is 1.30. The first kappa shape index (κ1) is 22.3. The van der Waals surface area contributed by atoms with E-state index in [1.54, 1.807) is 7.11 Å². The van der Waals surface area contributed by atoms with E-state index in [2.05, 4.69) is 34.6 Å². The Kier molecular flexibility index (Phi) is 8.20. The maximum atomic E-state index is 6.23. The van der Waals surface area contributed by atoms with E-state index in [9.17, 15) is 0 Å². The minimum atomic E-state index is -0.381. The molecule has 0 N–H and O–H groups in total. The van der Waals surface area contributed by atoms with Crippen molar-refractivity contribution in [1.82, 2.24) is 0 Å². The van der Waals surface area contributed by atoms with Crippen LogP contribution in [0.5, 0.6) is 5.75 Å². The van der Waals surface area contributed by atoms with Gasteiger partial charge in [-0.25, -0.2) is 0 Å². The Morgan fingerprint density at radius 2 is 1.56 bits per heavy atom. The fourth-order valence-corrected chi connectivity index (χ4v) is 3.20. The van der Waals surface area contributed by atoms with Crippen molar-refractivity contribution < 1.29 is 18.8 Å². The molecule has 1 aromatic carbocycles. The van der Waals surface area contributed by atoms with Crippen LogP contribution in [0.2, 0.25) is 0 Å². The normalized spacial score (nSPS) is 18.1. The average Bonchev–Trinajstić information content (AvgIpc) is 2.84. The van der Waals surface area contributed by atoms with Gasteiger partial charge in [-0.2, -0.15) is 0 Å². The molecule has 4 nitrogen and oxygen atoms in total. The molecule has 27 heavy (non-hydrogen) atoms. The highest BCUT2D eigenvalue weighted by Crippen LogP contribution is 2.36. The topological polar surface area (TPSA) is 36.9 Å². The van der Waals surface area contributed by atoms with E-state index >= 15 is 0 Å². The lowest BCUT2D eigenvalue weighted by Crippen LogP contribution is -2.41. The lowest BCUT2D eigenvalue weighted by atomic mass is 9.76. The van der Waals surface area contributed by atoms with Crippen molar-refractivity contribution in [2.45, 2.75) is 91.0 Å². The Hall–Kier alpha value is -1.04. The molecule has 1 saturated heterocycles. The second-order valence-electron chi connectivity index (χ2n) is 8.47. The molecule has 5 heteroatoms. The summed E-state index contributed by atoms with van der Waals surface area (Å²) in [6, 6.07) is 6.02. The molecule has 0 atom stereocenters. The van der Waals surface area contributed by atoms with Gasteiger partial charge in [0.2, 0.25) is 0 Å². The smallest absolute Gasteiger partial charge is 0.495 e. The molecule has 0 unspecified atom stereocenters. The van der Waals surface area contributed by atoms with Crippen molar-refractivity contribution in [1.29, 1.82) is 0 Å². The molecular weight excluding hydrogens is 339 g/mol. The van der Waals surface area contributed by atoms with Gasteiger partial charge >= 0.3 is 7.12 Å². The van der Waals surface area contributed by atoms with Crippen LogP contribution in [0.25, 0.3) is 0 Å². The van der Waals surface area contributed by atoms with E-state index in [-0.39, 0.29) is 18.3 Å². The highest BCUT2D eigenvalue weighted by atomic mass is 16.7. The summed E-state index contributed by atoms with van der Waals surface area (Å²) in [5.41, 5.74) is 1.39. The molecule has 0 amide bonds. The predicted molar refractivity (Wildman–Crippen MR) is 112 cm³/mol. The highest BCUT2D eigenvalue weighted by molar-refractivity contribution is 6.62. The van der Waals surface area contributed by atoms with Crippen molar-refractivity contribution in [2.75, 3.05) is 13.7 Å². The maximum Gasteiger partial charge on any atom is 0.495 e. The maximum absolute atomic E-state index is 6.23. The summed E-state index contributed by atoms with van der Waals surface area (Å²) in [4.78, 5) is 0. The van der Waals surface area contributed by atoms with Gasteiger partial charge in [-0.1, -0.05) is 45.1 Å². The number of benzene rings is 1. The molecule has 0 radical (unpaired) electrons. The molecular formula is C22H37BO4. The number of rotatable bonds is 11. The Balaban J connectivity index is 1.95. The quantitative estimate of drug-likeness (QED) is 0.408. The van der Waals surface area contributed by atoms with Crippen molar-refractivity contribution in [3.8, 4) is 5.75 Å². The molecule has 152 valence electrons. The largest absolute Gasteiger partial charge is 0.497 e. The van der Waals surface area contributed by atoms with Gasteiger partial charge in [-0.3, -0.25) is 0 Å². The molecule has 1 heterocycles. The molecule has 2 rings (SSSR count). The Morgan fingerprint density at radius 1 is 0.926 bits per heavy atom. The molecule has 0 aliphatic carbocycles. The lowest BCUT2D eigenvalue weighted by Gasteiger charge is -2.32. The van der Waals surface area contributed by atoms with Gasteiger partial charge in [0.1, 0.15) is 5.75 Å². The molecule has 0 spiro atoms. The molecule has 0 bridgehead atoms. The monoisotopic (exact) mass is 376 g/mol. The highest BCUT2D eigenvalue weighted by Gasteiger charge is 2.52. The van der Waals surface area contributed by atoms with Gasteiger partial charge in [0.15, 0.2) is 0 Å². The van der Waals surface area contributed by atoms with Crippen LogP contribution in [-0.4, -0.2) is 32.0 Å². The van der Waals surface area contributed by atoms with Crippen molar-refractivity contribution in [3.05, 3.63) is 23.8 Å². The summed E-state index contributed by atoms with van der Waals surface area (Å²) in [6.07, 6.45) is 7.60. The number of unbranched alkanes of at least 4 members (excludes halogenated alkanes) is 5. The summed E-state index contributed by atoms with van der Waals surface area (Å²) in [5, 5.41) is 0. The van der Waals surface area contributed by atoms with E-state index in [0.29, 0.717) is 6.61 Å². The number of ether oxygens (including phenoxy) is 2. The molecule has 1 aliphatic heterocycles. The Bertz CT molecular complexity index is 570. The van der Waals surface area contributed by atoms with Crippen LogP contribution in [0, 0.1) is 0 Å². The summed E-state index contributed by atoms with van der Waals surface area (Å²) >= 11 is 0. The molecule has 0 aromatic heterocycles. The van der Waals surface area contributed by atoms with Gasteiger partial charge < -0.3 is 18.8 Å². The van der Waals surface area contributed by atoms with Gasteiger partial charge in [0.25, 0.3) is 0 Å². The van der Waals surface area contributed by atoms with E-state index in [1.165, 1.54) is 32.1 Å². The van der Waals surface area contributed by atoms with Crippen LogP contribution in [0.4, 0.5) is 0 Å². The first-order valence-electron chi connectivity index (χ1n) is 10.4. The molecule has 1 aromatic rings. The third-order valence-corrected chi connectivity index (χ3v) is 5.76. The van der Waals surface area contributed by atoms with Gasteiger partial charge in [-0.05, 0) is 57.3 Å². The Labute approximate surface area is 166 Å². The Morgan fingerprint density at radius 3 is 2.19 bits per heavy atom. The van der Waals surface area contributed by atoms with E-state index in [1.807, 2.05) is 18.2 Å². The zero-order valence-electron chi connectivity index (χ0n) is 18.1. The van der Waals surface area contributed by atoms with E-state index < -0.39 is 0 Å². The van der Waals surface area contributed by atoms with Crippen LogP contribution >= 0.6 is 0 Å². The molecule has 0 saturated carbocycles. The minimum Gasteiger partial charge on any atom is -0.497 e.